The van der Waals surface area contributed by atoms with Gasteiger partial charge in [-0.15, -0.1) is 0 Å². The van der Waals surface area contributed by atoms with Crippen molar-refractivity contribution in [2.24, 2.45) is 12.0 Å². The lowest BCUT2D eigenvalue weighted by atomic mass is 10.1. The summed E-state index contributed by atoms with van der Waals surface area (Å²) in [6.07, 6.45) is 3.79. The molecular formula is C19H29FN6O. The van der Waals surface area contributed by atoms with Crippen molar-refractivity contribution >= 4 is 5.96 Å². The molecule has 1 heterocycles. The number of hydrogen-bond acceptors (Lipinski definition) is 4. The van der Waals surface area contributed by atoms with E-state index in [9.17, 15) is 4.39 Å². The Balaban J connectivity index is 1.83. The van der Waals surface area contributed by atoms with Crippen LogP contribution in [-0.2, 0) is 7.05 Å². The summed E-state index contributed by atoms with van der Waals surface area (Å²) in [7, 11) is 7.71. The van der Waals surface area contributed by atoms with E-state index in [0.29, 0.717) is 24.8 Å². The summed E-state index contributed by atoms with van der Waals surface area (Å²) in [6, 6.07) is 6.18. The predicted octanol–water partition coefficient (Wildman–Crippen LogP) is 1.79. The molecule has 7 nitrogen and oxygen atoms in total. The maximum absolute atomic E-state index is 13.0. The predicted molar refractivity (Wildman–Crippen MR) is 105 cm³/mol. The van der Waals surface area contributed by atoms with Crippen molar-refractivity contribution in [2.45, 2.75) is 19.1 Å². The second-order valence-corrected chi connectivity index (χ2v) is 6.64. The molecule has 0 aliphatic carbocycles. The van der Waals surface area contributed by atoms with Crippen LogP contribution < -0.4 is 15.4 Å². The van der Waals surface area contributed by atoms with Crippen LogP contribution in [-0.4, -0.2) is 61.0 Å². The van der Waals surface area contributed by atoms with E-state index in [4.69, 9.17) is 4.74 Å². The maximum Gasteiger partial charge on any atom is 0.191 e. The van der Waals surface area contributed by atoms with E-state index in [1.165, 1.54) is 12.1 Å². The maximum atomic E-state index is 13.0. The lowest BCUT2D eigenvalue weighted by Gasteiger charge is -2.25. The van der Waals surface area contributed by atoms with Crippen LogP contribution in [0.4, 0.5) is 4.39 Å². The van der Waals surface area contributed by atoms with E-state index in [1.807, 2.05) is 40.5 Å². The molecule has 2 rings (SSSR count). The molecule has 148 valence electrons. The summed E-state index contributed by atoms with van der Waals surface area (Å²) in [5.41, 5.74) is 1.14. The first-order valence-electron chi connectivity index (χ1n) is 8.90. The average molecular weight is 376 g/mol. The van der Waals surface area contributed by atoms with E-state index < -0.39 is 0 Å². The highest BCUT2D eigenvalue weighted by Crippen LogP contribution is 2.16. The van der Waals surface area contributed by atoms with Crippen LogP contribution in [0.1, 0.15) is 18.5 Å². The number of aryl methyl sites for hydroxylation is 1. The monoisotopic (exact) mass is 376 g/mol. The smallest absolute Gasteiger partial charge is 0.191 e. The molecule has 0 spiro atoms. The van der Waals surface area contributed by atoms with Gasteiger partial charge in [-0.25, -0.2) is 4.39 Å². The van der Waals surface area contributed by atoms with Crippen LogP contribution in [0, 0.1) is 5.82 Å². The molecular weight excluding hydrogens is 347 g/mol. The van der Waals surface area contributed by atoms with Gasteiger partial charge in [-0.3, -0.25) is 9.67 Å². The minimum atomic E-state index is -0.276. The Morgan fingerprint density at radius 1 is 1.26 bits per heavy atom. The zero-order valence-electron chi connectivity index (χ0n) is 16.6. The molecule has 1 aromatic heterocycles. The van der Waals surface area contributed by atoms with Crippen molar-refractivity contribution in [3.05, 3.63) is 48.0 Å². The number of rotatable bonds is 8. The van der Waals surface area contributed by atoms with Gasteiger partial charge in [-0.2, -0.15) is 5.10 Å². The summed E-state index contributed by atoms with van der Waals surface area (Å²) in [6.45, 7) is 3.20. The van der Waals surface area contributed by atoms with Crippen LogP contribution in [0.15, 0.2) is 41.7 Å². The number of halogens is 1. The Morgan fingerprint density at radius 2 is 1.93 bits per heavy atom. The molecule has 2 N–H and O–H groups in total. The molecule has 0 fully saturated rings. The minimum absolute atomic E-state index is 0.100. The van der Waals surface area contributed by atoms with Crippen LogP contribution in [0.2, 0.25) is 0 Å². The Hall–Kier alpha value is -2.61. The Bertz CT molecular complexity index is 728. The van der Waals surface area contributed by atoms with Gasteiger partial charge >= 0.3 is 0 Å². The van der Waals surface area contributed by atoms with Crippen molar-refractivity contribution in [2.75, 3.05) is 34.2 Å². The molecule has 0 aliphatic rings. The second kappa shape index (κ2) is 9.91. The highest BCUT2D eigenvalue weighted by Gasteiger charge is 2.16. The quantitative estimate of drug-likeness (QED) is 0.543. The molecule has 0 saturated heterocycles. The summed E-state index contributed by atoms with van der Waals surface area (Å²) in [4.78, 5) is 6.40. The number of likely N-dealkylation sites (N-methyl/N-ethyl adjacent to an activating group) is 1. The molecule has 0 radical (unpaired) electrons. The van der Waals surface area contributed by atoms with Crippen molar-refractivity contribution in [1.29, 1.82) is 0 Å². The zero-order valence-corrected chi connectivity index (χ0v) is 16.6. The van der Waals surface area contributed by atoms with Crippen LogP contribution in [0.5, 0.6) is 5.75 Å². The summed E-state index contributed by atoms with van der Waals surface area (Å²) >= 11 is 0. The molecule has 27 heavy (non-hydrogen) atoms. The second-order valence-electron chi connectivity index (χ2n) is 6.64. The first kappa shape index (κ1) is 20.7. The summed E-state index contributed by atoms with van der Waals surface area (Å²) < 4.78 is 20.5. The third kappa shape index (κ3) is 6.56. The SMILES string of the molecule is CN=C(NCC(C)Oc1ccc(F)cc1)NCC(c1cnn(C)c1)N(C)C. The topological polar surface area (TPSA) is 66.7 Å². The normalized spacial score (nSPS) is 14.1. The van der Waals surface area contributed by atoms with Gasteiger partial charge in [0, 0.05) is 32.4 Å². The fourth-order valence-electron chi connectivity index (χ4n) is 2.65. The average Bonchev–Trinajstić information content (AvgIpc) is 3.05. The van der Waals surface area contributed by atoms with Gasteiger partial charge in [0.25, 0.3) is 0 Å². The third-order valence-electron chi connectivity index (χ3n) is 4.13. The molecule has 8 heteroatoms. The van der Waals surface area contributed by atoms with Gasteiger partial charge in [0.05, 0.1) is 18.8 Å². The number of aromatic nitrogens is 2. The Morgan fingerprint density at radius 3 is 2.48 bits per heavy atom. The van der Waals surface area contributed by atoms with Crippen molar-refractivity contribution in [1.82, 2.24) is 25.3 Å². The van der Waals surface area contributed by atoms with Gasteiger partial charge < -0.3 is 20.3 Å². The number of hydrogen-bond donors (Lipinski definition) is 2. The number of ether oxygens (including phenoxy) is 1. The summed E-state index contributed by atoms with van der Waals surface area (Å²) in [5, 5.41) is 10.8. The molecule has 2 atom stereocenters. The van der Waals surface area contributed by atoms with E-state index in [-0.39, 0.29) is 18.0 Å². The van der Waals surface area contributed by atoms with E-state index in [1.54, 1.807) is 23.9 Å². The van der Waals surface area contributed by atoms with Crippen LogP contribution in [0.3, 0.4) is 0 Å². The van der Waals surface area contributed by atoms with Gasteiger partial charge in [0.15, 0.2) is 5.96 Å². The highest BCUT2D eigenvalue weighted by atomic mass is 19.1. The van der Waals surface area contributed by atoms with E-state index in [0.717, 1.165) is 5.56 Å². The number of benzene rings is 1. The van der Waals surface area contributed by atoms with E-state index >= 15 is 0 Å². The van der Waals surface area contributed by atoms with Gasteiger partial charge in [-0.05, 0) is 45.3 Å². The van der Waals surface area contributed by atoms with Crippen molar-refractivity contribution in [3.63, 3.8) is 0 Å². The fraction of sp³-hybridized carbons (Fsp3) is 0.474. The lowest BCUT2D eigenvalue weighted by Crippen LogP contribution is -2.44. The Labute approximate surface area is 160 Å². The number of guanidine groups is 1. The first-order chi connectivity index (χ1) is 12.9. The highest BCUT2D eigenvalue weighted by molar-refractivity contribution is 5.79. The summed E-state index contributed by atoms with van der Waals surface area (Å²) in [5.74, 6) is 1.06. The largest absolute Gasteiger partial charge is 0.489 e. The molecule has 2 unspecified atom stereocenters. The Kier molecular flexibility index (Phi) is 7.60. The number of aliphatic imine (C=N–C) groups is 1. The number of nitrogens with zero attached hydrogens (tertiary/aromatic N) is 4. The number of nitrogens with one attached hydrogen (secondary N) is 2. The van der Waals surface area contributed by atoms with E-state index in [2.05, 4.69) is 25.6 Å². The molecule has 0 amide bonds. The lowest BCUT2D eigenvalue weighted by molar-refractivity contribution is 0.223. The molecule has 0 saturated carbocycles. The molecule has 0 aliphatic heterocycles. The van der Waals surface area contributed by atoms with Crippen LogP contribution in [0.25, 0.3) is 0 Å². The van der Waals surface area contributed by atoms with Gasteiger partial charge in [0.2, 0.25) is 0 Å². The molecule has 2 aromatic rings. The standard InChI is InChI=1S/C19H29FN6O/c1-14(27-17-8-6-16(20)7-9-17)10-22-19(21-2)23-12-18(25(3)4)15-11-24-26(5)13-15/h6-9,11,13-14,18H,10,12H2,1-5H3,(H2,21,22,23). The molecule has 1 aromatic carbocycles. The zero-order chi connectivity index (χ0) is 19.8. The fourth-order valence-corrected chi connectivity index (χ4v) is 2.65. The van der Waals surface area contributed by atoms with Crippen LogP contribution >= 0.6 is 0 Å². The van der Waals surface area contributed by atoms with Crippen molar-refractivity contribution < 1.29 is 9.13 Å². The van der Waals surface area contributed by atoms with Gasteiger partial charge in [0.1, 0.15) is 17.7 Å². The molecule has 0 bridgehead atoms. The first-order valence-corrected chi connectivity index (χ1v) is 8.90. The minimum Gasteiger partial charge on any atom is -0.489 e. The van der Waals surface area contributed by atoms with Crippen molar-refractivity contribution in [3.8, 4) is 5.75 Å². The van der Waals surface area contributed by atoms with Gasteiger partial charge in [-0.1, -0.05) is 0 Å². The third-order valence-corrected chi connectivity index (χ3v) is 4.13.